The molecule has 0 saturated heterocycles. The molecule has 2 unspecified atom stereocenters. The summed E-state index contributed by atoms with van der Waals surface area (Å²) in [5, 5.41) is 32.0. The lowest BCUT2D eigenvalue weighted by Gasteiger charge is -2.30. The van der Waals surface area contributed by atoms with E-state index in [1.54, 1.807) is 12.1 Å². The molecule has 4 rings (SSSR count). The number of nitrogens with zero attached hydrogens (tertiary/aromatic N) is 2. The fraction of sp³-hybridized carbons (Fsp3) is 0.130. The van der Waals surface area contributed by atoms with Gasteiger partial charge in [-0.25, -0.2) is 18.4 Å². The van der Waals surface area contributed by atoms with Gasteiger partial charge in [-0.1, -0.05) is 36.4 Å². The molecule has 10 heteroatoms. The average Bonchev–Trinajstić information content (AvgIpc) is 3.33. The fourth-order valence-corrected chi connectivity index (χ4v) is 3.59. The number of rotatable bonds is 7. The maximum atomic E-state index is 15.3. The molecule has 4 N–H and O–H groups in total. The Bertz CT molecular complexity index is 1270. The molecule has 1 aliphatic carbocycles. The number of alkyl halides is 1. The number of hydrogen-bond donors (Lipinski definition) is 4. The summed E-state index contributed by atoms with van der Waals surface area (Å²) >= 11 is 0. The van der Waals surface area contributed by atoms with Crippen molar-refractivity contribution in [1.82, 2.24) is 20.7 Å². The quantitative estimate of drug-likeness (QED) is 0.433. The number of aromatic carboxylic acids is 1. The Labute approximate surface area is 186 Å². The maximum Gasteiger partial charge on any atom is 0.347 e. The van der Waals surface area contributed by atoms with E-state index in [1.165, 1.54) is 48.7 Å². The van der Waals surface area contributed by atoms with Crippen molar-refractivity contribution in [3.63, 3.8) is 0 Å². The second kappa shape index (κ2) is 8.75. The van der Waals surface area contributed by atoms with Gasteiger partial charge in [-0.15, -0.1) is 0 Å². The molecular formula is C23H18F2N4O4. The predicted molar refractivity (Wildman–Crippen MR) is 114 cm³/mol. The standard InChI is InChI=1S/C23H18F2N4O4/c24-17-3-1-2-13(8-17)14-6-7-23(25,22(32)33)20(10-14)26-11-16-5-4-15(9-18(16)21(30)31)19-12-27-29-28-19/h1-10,12,20,26H,11H2,(H,30,31)(H,32,33)(H,27,28,29). The average molecular weight is 452 g/mol. The molecule has 1 aromatic heterocycles. The van der Waals surface area contributed by atoms with E-state index in [1.807, 2.05) is 0 Å². The number of H-pyrrole nitrogens is 1. The number of carboxylic acid groups (broad SMARTS) is 2. The summed E-state index contributed by atoms with van der Waals surface area (Å²) in [7, 11) is 0. The van der Waals surface area contributed by atoms with E-state index >= 15 is 4.39 Å². The second-order valence-electron chi connectivity index (χ2n) is 7.43. The number of carbonyl (C=O) groups is 2. The highest BCUT2D eigenvalue weighted by Crippen LogP contribution is 2.31. The van der Waals surface area contributed by atoms with Crippen molar-refractivity contribution >= 4 is 17.5 Å². The summed E-state index contributed by atoms with van der Waals surface area (Å²) in [6, 6.07) is 8.87. The molecule has 0 saturated carbocycles. The first-order valence-electron chi connectivity index (χ1n) is 9.83. The van der Waals surface area contributed by atoms with E-state index in [-0.39, 0.29) is 12.1 Å². The Hall–Kier alpha value is -4.18. The normalized spacial score (nSPS) is 19.8. The highest BCUT2D eigenvalue weighted by Gasteiger charge is 2.45. The zero-order valence-corrected chi connectivity index (χ0v) is 17.0. The SMILES string of the molecule is O=C(O)c1cc(-c2cn[nH]n2)ccc1CNC1C=C(c2cccc(F)c2)C=CC1(F)C(=O)O. The van der Waals surface area contributed by atoms with Crippen LogP contribution in [-0.4, -0.2) is 49.3 Å². The third-order valence-corrected chi connectivity index (χ3v) is 5.35. The van der Waals surface area contributed by atoms with Crippen molar-refractivity contribution in [3.05, 3.63) is 89.4 Å². The maximum absolute atomic E-state index is 15.3. The molecule has 0 radical (unpaired) electrons. The number of carboxylic acids is 2. The summed E-state index contributed by atoms with van der Waals surface area (Å²) in [5.74, 6) is -3.40. The highest BCUT2D eigenvalue weighted by molar-refractivity contribution is 5.91. The van der Waals surface area contributed by atoms with Gasteiger partial charge in [0.05, 0.1) is 17.8 Å². The van der Waals surface area contributed by atoms with Gasteiger partial charge in [-0.3, -0.25) is 0 Å². The van der Waals surface area contributed by atoms with E-state index in [9.17, 15) is 24.2 Å². The van der Waals surface area contributed by atoms with Gasteiger partial charge in [0.1, 0.15) is 11.5 Å². The summed E-state index contributed by atoms with van der Waals surface area (Å²) < 4.78 is 29.0. The van der Waals surface area contributed by atoms with Crippen LogP contribution in [0.25, 0.3) is 16.8 Å². The van der Waals surface area contributed by atoms with Crippen LogP contribution in [0.4, 0.5) is 8.78 Å². The minimum atomic E-state index is -2.78. The van der Waals surface area contributed by atoms with Crippen LogP contribution < -0.4 is 5.32 Å². The van der Waals surface area contributed by atoms with Gasteiger partial charge >= 0.3 is 11.9 Å². The summed E-state index contributed by atoms with van der Waals surface area (Å²) in [5.41, 5.74) is -0.660. The number of benzene rings is 2. The van der Waals surface area contributed by atoms with Crippen molar-refractivity contribution < 1.29 is 28.6 Å². The van der Waals surface area contributed by atoms with Gasteiger partial charge in [0.2, 0.25) is 5.67 Å². The Morgan fingerprint density at radius 3 is 2.64 bits per heavy atom. The lowest BCUT2D eigenvalue weighted by atomic mass is 9.86. The molecule has 168 valence electrons. The van der Waals surface area contributed by atoms with Crippen molar-refractivity contribution in [2.24, 2.45) is 0 Å². The number of aromatic amines is 1. The lowest BCUT2D eigenvalue weighted by Crippen LogP contribution is -2.51. The van der Waals surface area contributed by atoms with Crippen molar-refractivity contribution in [2.45, 2.75) is 18.3 Å². The topological polar surface area (TPSA) is 128 Å². The summed E-state index contributed by atoms with van der Waals surface area (Å²) in [6.45, 7) is -0.134. The molecule has 1 aliphatic rings. The number of aromatic nitrogens is 3. The van der Waals surface area contributed by atoms with Crippen molar-refractivity contribution in [2.75, 3.05) is 0 Å². The van der Waals surface area contributed by atoms with Gasteiger partial charge in [0, 0.05) is 12.1 Å². The Morgan fingerprint density at radius 2 is 1.97 bits per heavy atom. The minimum absolute atomic E-state index is 0.0523. The molecule has 1 heterocycles. The molecule has 2 aromatic carbocycles. The summed E-state index contributed by atoms with van der Waals surface area (Å²) in [6.07, 6.45) is 4.98. The fourth-order valence-electron chi connectivity index (χ4n) is 3.59. The molecule has 0 amide bonds. The number of halogens is 2. The minimum Gasteiger partial charge on any atom is -0.479 e. The highest BCUT2D eigenvalue weighted by atomic mass is 19.1. The second-order valence-corrected chi connectivity index (χ2v) is 7.43. The Morgan fingerprint density at radius 1 is 1.15 bits per heavy atom. The van der Waals surface area contributed by atoms with Gasteiger partial charge < -0.3 is 15.5 Å². The zero-order chi connectivity index (χ0) is 23.6. The first-order chi connectivity index (χ1) is 15.8. The molecule has 0 bridgehead atoms. The van der Waals surface area contributed by atoms with Crippen LogP contribution in [0.2, 0.25) is 0 Å². The largest absolute Gasteiger partial charge is 0.479 e. The number of nitrogens with one attached hydrogen (secondary N) is 2. The Balaban J connectivity index is 1.64. The third kappa shape index (κ3) is 4.41. The Kier molecular flexibility index (Phi) is 5.84. The molecule has 0 aliphatic heterocycles. The smallest absolute Gasteiger partial charge is 0.347 e. The molecule has 0 spiro atoms. The van der Waals surface area contributed by atoms with Crippen molar-refractivity contribution in [1.29, 1.82) is 0 Å². The first-order valence-corrected chi connectivity index (χ1v) is 9.83. The van der Waals surface area contributed by atoms with Crippen molar-refractivity contribution in [3.8, 4) is 11.3 Å². The van der Waals surface area contributed by atoms with Crippen LogP contribution in [0.1, 0.15) is 21.5 Å². The predicted octanol–water partition coefficient (Wildman–Crippen LogP) is 3.21. The lowest BCUT2D eigenvalue weighted by molar-refractivity contribution is -0.148. The third-order valence-electron chi connectivity index (χ3n) is 5.35. The van der Waals surface area contributed by atoms with Crippen LogP contribution in [0.3, 0.4) is 0 Å². The van der Waals surface area contributed by atoms with E-state index in [0.29, 0.717) is 28.0 Å². The number of aliphatic carboxylic acids is 1. The van der Waals surface area contributed by atoms with E-state index in [2.05, 4.69) is 20.7 Å². The van der Waals surface area contributed by atoms with E-state index in [4.69, 9.17) is 0 Å². The van der Waals surface area contributed by atoms with Gasteiger partial charge in [-0.05, 0) is 41.0 Å². The van der Waals surface area contributed by atoms with E-state index < -0.39 is 29.5 Å². The molecule has 3 aromatic rings. The van der Waals surface area contributed by atoms with Crippen LogP contribution in [0.5, 0.6) is 0 Å². The zero-order valence-electron chi connectivity index (χ0n) is 17.0. The van der Waals surface area contributed by atoms with Gasteiger partial charge in [0.25, 0.3) is 0 Å². The van der Waals surface area contributed by atoms with Crippen LogP contribution in [0.15, 0.2) is 66.9 Å². The number of hydrogen-bond acceptors (Lipinski definition) is 5. The summed E-state index contributed by atoms with van der Waals surface area (Å²) in [4.78, 5) is 23.5. The van der Waals surface area contributed by atoms with Crippen LogP contribution in [-0.2, 0) is 11.3 Å². The first kappa shape index (κ1) is 22.0. The van der Waals surface area contributed by atoms with Crippen LogP contribution in [0, 0.1) is 5.82 Å². The van der Waals surface area contributed by atoms with Crippen LogP contribution >= 0.6 is 0 Å². The molecule has 8 nitrogen and oxygen atoms in total. The molecule has 0 fully saturated rings. The molecule has 33 heavy (non-hydrogen) atoms. The molecule has 2 atom stereocenters. The van der Waals surface area contributed by atoms with E-state index in [0.717, 1.165) is 6.08 Å². The molecular weight excluding hydrogens is 434 g/mol. The van der Waals surface area contributed by atoms with Gasteiger partial charge in [-0.2, -0.15) is 15.4 Å². The number of allylic oxidation sites excluding steroid dienone is 2. The monoisotopic (exact) mass is 452 g/mol. The van der Waals surface area contributed by atoms with Gasteiger partial charge in [0.15, 0.2) is 0 Å².